The average Bonchev–Trinajstić information content (AvgIpc) is 1.63. The lowest BCUT2D eigenvalue weighted by molar-refractivity contribution is 0.0691. The molecule has 0 saturated heterocycles. The summed E-state index contributed by atoms with van der Waals surface area (Å²) in [5.74, 6) is 0.625. The molecular weight excluding hydrogens is 114 g/mol. The first kappa shape index (κ1) is 8.92. The minimum Gasteiger partial charge on any atom is -0.316 e. The van der Waals surface area contributed by atoms with Gasteiger partial charge in [0.1, 0.15) is 0 Å². The Hall–Kier alpha value is -0.0800. The molecule has 0 heterocycles. The van der Waals surface area contributed by atoms with Crippen molar-refractivity contribution in [2.45, 2.75) is 39.7 Å². The van der Waals surface area contributed by atoms with E-state index < -0.39 is 0 Å². The first-order chi connectivity index (χ1) is 3.98. The van der Waals surface area contributed by atoms with Gasteiger partial charge in [0.15, 0.2) is 0 Å². The summed E-state index contributed by atoms with van der Waals surface area (Å²) in [4.78, 5) is 0. The second-order valence-corrected chi connectivity index (χ2v) is 3.59. The molecule has 2 N–H and O–H groups in total. The summed E-state index contributed by atoms with van der Waals surface area (Å²) in [5.41, 5.74) is 2.14. The van der Waals surface area contributed by atoms with Gasteiger partial charge in [0.05, 0.1) is 0 Å². The molecule has 2 nitrogen and oxygen atoms in total. The van der Waals surface area contributed by atoms with Crippen LogP contribution in [0.3, 0.4) is 0 Å². The standard InChI is InChI=1S/C7H17NO/c1-6(2)5-7(3,4)8-9/h6,8-9H,5H2,1-4H3. The van der Waals surface area contributed by atoms with Crippen LogP contribution in [0.15, 0.2) is 0 Å². The van der Waals surface area contributed by atoms with E-state index in [1.54, 1.807) is 0 Å². The molecular formula is C7H17NO. The molecule has 0 spiro atoms. The van der Waals surface area contributed by atoms with Crippen molar-refractivity contribution in [1.82, 2.24) is 5.48 Å². The smallest absolute Gasteiger partial charge is 0.0376 e. The minimum absolute atomic E-state index is 0.131. The predicted molar refractivity (Wildman–Crippen MR) is 38.5 cm³/mol. The Kier molecular flexibility index (Phi) is 3.15. The van der Waals surface area contributed by atoms with Crippen LogP contribution in [0.4, 0.5) is 0 Å². The zero-order valence-corrected chi connectivity index (χ0v) is 6.73. The van der Waals surface area contributed by atoms with Gasteiger partial charge in [-0.05, 0) is 26.2 Å². The number of hydroxylamine groups is 1. The highest BCUT2D eigenvalue weighted by molar-refractivity contribution is 4.73. The van der Waals surface area contributed by atoms with Crippen molar-refractivity contribution in [2.75, 3.05) is 0 Å². The summed E-state index contributed by atoms with van der Waals surface area (Å²) in [6.45, 7) is 8.23. The fraction of sp³-hybridized carbons (Fsp3) is 1.00. The van der Waals surface area contributed by atoms with Crippen LogP contribution in [0, 0.1) is 5.92 Å². The summed E-state index contributed by atoms with van der Waals surface area (Å²) >= 11 is 0. The Bertz CT molecular complexity index is 79.0. The summed E-state index contributed by atoms with van der Waals surface area (Å²) in [6.07, 6.45) is 0.990. The lowest BCUT2D eigenvalue weighted by Crippen LogP contribution is -2.37. The van der Waals surface area contributed by atoms with Crippen molar-refractivity contribution in [3.63, 3.8) is 0 Å². The third kappa shape index (κ3) is 4.43. The molecule has 56 valence electrons. The monoisotopic (exact) mass is 131 g/mol. The Balaban J connectivity index is 3.58. The van der Waals surface area contributed by atoms with E-state index in [1.165, 1.54) is 0 Å². The first-order valence-electron chi connectivity index (χ1n) is 3.39. The molecule has 0 aromatic carbocycles. The molecule has 0 saturated carbocycles. The molecule has 0 radical (unpaired) electrons. The van der Waals surface area contributed by atoms with Gasteiger partial charge in [0.2, 0.25) is 0 Å². The topological polar surface area (TPSA) is 32.3 Å². The normalized spacial score (nSPS) is 12.7. The van der Waals surface area contributed by atoms with Gasteiger partial charge in [-0.3, -0.25) is 0 Å². The number of hydrogen-bond donors (Lipinski definition) is 2. The summed E-state index contributed by atoms with van der Waals surface area (Å²) in [7, 11) is 0. The van der Waals surface area contributed by atoms with Crippen LogP contribution in [0.5, 0.6) is 0 Å². The van der Waals surface area contributed by atoms with Crippen molar-refractivity contribution in [3.05, 3.63) is 0 Å². The van der Waals surface area contributed by atoms with Gasteiger partial charge in [-0.15, -0.1) is 0 Å². The van der Waals surface area contributed by atoms with Crippen LogP contribution < -0.4 is 5.48 Å². The molecule has 0 atom stereocenters. The number of nitrogens with one attached hydrogen (secondary N) is 1. The SMILES string of the molecule is CC(C)CC(C)(C)NO. The Morgan fingerprint density at radius 2 is 1.89 bits per heavy atom. The molecule has 0 aliphatic rings. The maximum Gasteiger partial charge on any atom is 0.0376 e. The van der Waals surface area contributed by atoms with E-state index in [2.05, 4.69) is 19.3 Å². The first-order valence-corrected chi connectivity index (χ1v) is 3.39. The van der Waals surface area contributed by atoms with E-state index >= 15 is 0 Å². The zero-order valence-electron chi connectivity index (χ0n) is 6.73. The lowest BCUT2D eigenvalue weighted by Gasteiger charge is -2.24. The fourth-order valence-electron chi connectivity index (χ4n) is 1.07. The van der Waals surface area contributed by atoms with Crippen LogP contribution in [-0.4, -0.2) is 10.7 Å². The fourth-order valence-corrected chi connectivity index (χ4v) is 1.07. The quantitative estimate of drug-likeness (QED) is 0.572. The maximum absolute atomic E-state index is 8.59. The summed E-state index contributed by atoms with van der Waals surface area (Å²) < 4.78 is 0. The Morgan fingerprint density at radius 1 is 1.44 bits per heavy atom. The highest BCUT2D eigenvalue weighted by atomic mass is 16.5. The van der Waals surface area contributed by atoms with Crippen molar-refractivity contribution in [1.29, 1.82) is 0 Å². The second-order valence-electron chi connectivity index (χ2n) is 3.59. The van der Waals surface area contributed by atoms with E-state index in [0.717, 1.165) is 6.42 Å². The molecule has 0 bridgehead atoms. The maximum atomic E-state index is 8.59. The molecule has 9 heavy (non-hydrogen) atoms. The Labute approximate surface area is 57.2 Å². The summed E-state index contributed by atoms with van der Waals surface area (Å²) in [6, 6.07) is 0. The molecule has 0 fully saturated rings. The van der Waals surface area contributed by atoms with Crippen LogP contribution in [0.25, 0.3) is 0 Å². The van der Waals surface area contributed by atoms with Gasteiger partial charge >= 0.3 is 0 Å². The van der Waals surface area contributed by atoms with E-state index in [-0.39, 0.29) is 5.54 Å². The molecule has 0 unspecified atom stereocenters. The van der Waals surface area contributed by atoms with Gasteiger partial charge in [0, 0.05) is 5.54 Å². The van der Waals surface area contributed by atoms with Crippen molar-refractivity contribution in [2.24, 2.45) is 5.92 Å². The average molecular weight is 131 g/mol. The Morgan fingerprint density at radius 3 is 2.00 bits per heavy atom. The van der Waals surface area contributed by atoms with Crippen molar-refractivity contribution < 1.29 is 5.21 Å². The van der Waals surface area contributed by atoms with Crippen LogP contribution in [0.2, 0.25) is 0 Å². The highest BCUT2D eigenvalue weighted by Gasteiger charge is 2.16. The molecule has 0 aromatic heterocycles. The van der Waals surface area contributed by atoms with E-state index in [1.807, 2.05) is 13.8 Å². The van der Waals surface area contributed by atoms with Gasteiger partial charge in [-0.25, -0.2) is 5.48 Å². The molecule has 2 heteroatoms. The molecule has 0 aromatic rings. The van der Waals surface area contributed by atoms with E-state index in [9.17, 15) is 0 Å². The minimum atomic E-state index is -0.131. The van der Waals surface area contributed by atoms with Crippen LogP contribution in [-0.2, 0) is 0 Å². The van der Waals surface area contributed by atoms with Gasteiger partial charge in [-0.2, -0.15) is 0 Å². The highest BCUT2D eigenvalue weighted by Crippen LogP contribution is 2.13. The molecule has 0 rings (SSSR count). The molecule has 0 amide bonds. The summed E-state index contributed by atoms with van der Waals surface area (Å²) in [5, 5.41) is 8.59. The second kappa shape index (κ2) is 3.18. The lowest BCUT2D eigenvalue weighted by atomic mass is 9.94. The third-order valence-electron chi connectivity index (χ3n) is 1.22. The third-order valence-corrected chi connectivity index (χ3v) is 1.22. The van der Waals surface area contributed by atoms with E-state index in [4.69, 9.17) is 5.21 Å². The largest absolute Gasteiger partial charge is 0.316 e. The van der Waals surface area contributed by atoms with Gasteiger partial charge < -0.3 is 5.21 Å². The van der Waals surface area contributed by atoms with Crippen molar-refractivity contribution >= 4 is 0 Å². The predicted octanol–water partition coefficient (Wildman–Crippen LogP) is 1.79. The number of rotatable bonds is 3. The van der Waals surface area contributed by atoms with Gasteiger partial charge in [0.25, 0.3) is 0 Å². The van der Waals surface area contributed by atoms with E-state index in [0.29, 0.717) is 5.92 Å². The molecule has 0 aliphatic heterocycles. The van der Waals surface area contributed by atoms with Crippen LogP contribution in [0.1, 0.15) is 34.1 Å². The van der Waals surface area contributed by atoms with Gasteiger partial charge in [-0.1, -0.05) is 13.8 Å². The molecule has 0 aliphatic carbocycles. The van der Waals surface area contributed by atoms with Crippen molar-refractivity contribution in [3.8, 4) is 0 Å². The number of hydrogen-bond acceptors (Lipinski definition) is 2. The zero-order chi connectivity index (χ0) is 7.49. The van der Waals surface area contributed by atoms with Crippen LogP contribution >= 0.6 is 0 Å².